The SMILES string of the molecule is O=C(NCc1cccnc1N1CCC[C@H](O)C1)c1[nH]cnc1-c1ccccc1. The Labute approximate surface area is 163 Å². The fourth-order valence-electron chi connectivity index (χ4n) is 3.55. The molecule has 1 aliphatic rings. The second-order valence-electron chi connectivity index (χ2n) is 6.90. The Morgan fingerprint density at radius 3 is 2.89 bits per heavy atom. The molecule has 0 aliphatic carbocycles. The number of aliphatic hydroxyl groups is 1. The first-order valence-electron chi connectivity index (χ1n) is 9.46. The Bertz CT molecular complexity index is 941. The van der Waals surface area contributed by atoms with Gasteiger partial charge in [0.1, 0.15) is 17.2 Å². The van der Waals surface area contributed by atoms with Crippen LogP contribution in [0.15, 0.2) is 55.0 Å². The molecule has 3 aromatic rings. The number of hydrogen-bond acceptors (Lipinski definition) is 5. The zero-order valence-corrected chi connectivity index (χ0v) is 15.5. The largest absolute Gasteiger partial charge is 0.391 e. The number of aromatic amines is 1. The van der Waals surface area contributed by atoms with Crippen molar-refractivity contribution >= 4 is 11.7 Å². The summed E-state index contributed by atoms with van der Waals surface area (Å²) in [4.78, 5) is 26.6. The molecular formula is C21H23N5O2. The number of H-pyrrole nitrogens is 1. The van der Waals surface area contributed by atoms with Crippen molar-refractivity contribution in [2.75, 3.05) is 18.0 Å². The highest BCUT2D eigenvalue weighted by molar-refractivity contribution is 5.98. The van der Waals surface area contributed by atoms with Crippen LogP contribution in [0.25, 0.3) is 11.3 Å². The normalized spacial score (nSPS) is 16.8. The van der Waals surface area contributed by atoms with Gasteiger partial charge in [-0.1, -0.05) is 36.4 Å². The van der Waals surface area contributed by atoms with Gasteiger partial charge >= 0.3 is 0 Å². The van der Waals surface area contributed by atoms with Crippen molar-refractivity contribution in [3.05, 3.63) is 66.2 Å². The Balaban J connectivity index is 1.49. The number of benzene rings is 1. The van der Waals surface area contributed by atoms with Gasteiger partial charge in [0.2, 0.25) is 0 Å². The number of hydrogen-bond donors (Lipinski definition) is 3. The number of carbonyl (C=O) groups is 1. The van der Waals surface area contributed by atoms with Gasteiger partial charge in [-0.15, -0.1) is 0 Å². The standard InChI is InChI=1S/C21H23N5O2/c27-17-9-5-11-26(13-17)20-16(8-4-10-22-20)12-23-21(28)19-18(24-14-25-19)15-6-2-1-3-7-15/h1-4,6-8,10,14,17,27H,5,9,11-13H2,(H,23,28)(H,24,25)/t17-/m0/s1. The van der Waals surface area contributed by atoms with Crippen molar-refractivity contribution in [3.8, 4) is 11.3 Å². The Kier molecular flexibility index (Phi) is 5.34. The number of β-amino-alcohol motifs (C(OH)–C–C–N with tert-alkyl or cyclic N) is 1. The van der Waals surface area contributed by atoms with E-state index in [9.17, 15) is 9.90 Å². The van der Waals surface area contributed by atoms with Crippen LogP contribution in [0, 0.1) is 0 Å². The third-order valence-electron chi connectivity index (χ3n) is 4.92. The summed E-state index contributed by atoms with van der Waals surface area (Å²) in [5.74, 6) is 0.597. The third-order valence-corrected chi connectivity index (χ3v) is 4.92. The number of carbonyl (C=O) groups excluding carboxylic acids is 1. The molecule has 2 aromatic heterocycles. The number of rotatable bonds is 5. The van der Waals surface area contributed by atoms with Crippen LogP contribution < -0.4 is 10.2 Å². The van der Waals surface area contributed by atoms with E-state index in [1.165, 1.54) is 6.33 Å². The summed E-state index contributed by atoms with van der Waals surface area (Å²) in [5.41, 5.74) is 2.87. The molecule has 7 heteroatoms. The van der Waals surface area contributed by atoms with Gasteiger partial charge in [-0.25, -0.2) is 9.97 Å². The molecule has 7 nitrogen and oxygen atoms in total. The first kappa shape index (κ1) is 18.2. The first-order valence-corrected chi connectivity index (χ1v) is 9.46. The van der Waals surface area contributed by atoms with Gasteiger partial charge < -0.3 is 20.3 Å². The zero-order valence-electron chi connectivity index (χ0n) is 15.5. The van der Waals surface area contributed by atoms with Crippen molar-refractivity contribution in [1.82, 2.24) is 20.3 Å². The van der Waals surface area contributed by atoms with E-state index in [0.29, 0.717) is 24.5 Å². The molecule has 0 radical (unpaired) electrons. The van der Waals surface area contributed by atoms with E-state index in [2.05, 4.69) is 25.2 Å². The molecule has 1 fully saturated rings. The van der Waals surface area contributed by atoms with Crippen molar-refractivity contribution in [2.45, 2.75) is 25.5 Å². The molecule has 0 bridgehead atoms. The van der Waals surface area contributed by atoms with Crippen molar-refractivity contribution in [2.24, 2.45) is 0 Å². The highest BCUT2D eigenvalue weighted by atomic mass is 16.3. The van der Waals surface area contributed by atoms with E-state index >= 15 is 0 Å². The molecule has 0 saturated carbocycles. The van der Waals surface area contributed by atoms with Crippen molar-refractivity contribution in [3.63, 3.8) is 0 Å². The lowest BCUT2D eigenvalue weighted by Crippen LogP contribution is -2.39. The van der Waals surface area contributed by atoms with Crippen LogP contribution >= 0.6 is 0 Å². The summed E-state index contributed by atoms with van der Waals surface area (Å²) >= 11 is 0. The van der Waals surface area contributed by atoms with Crippen LogP contribution in [0.2, 0.25) is 0 Å². The van der Waals surface area contributed by atoms with Crippen LogP contribution in [-0.4, -0.2) is 45.2 Å². The minimum atomic E-state index is -0.336. The predicted molar refractivity (Wildman–Crippen MR) is 107 cm³/mol. The van der Waals surface area contributed by atoms with Crippen molar-refractivity contribution < 1.29 is 9.90 Å². The molecule has 3 N–H and O–H groups in total. The fourth-order valence-corrected chi connectivity index (χ4v) is 3.55. The van der Waals surface area contributed by atoms with Gasteiger partial charge in [0.25, 0.3) is 5.91 Å². The van der Waals surface area contributed by atoms with Crippen LogP contribution in [-0.2, 0) is 6.54 Å². The maximum absolute atomic E-state index is 12.8. The third kappa shape index (κ3) is 3.89. The average Bonchev–Trinajstić information content (AvgIpc) is 3.23. The minimum absolute atomic E-state index is 0.218. The molecule has 1 aromatic carbocycles. The van der Waals surface area contributed by atoms with Gasteiger partial charge in [-0.05, 0) is 18.9 Å². The maximum atomic E-state index is 12.8. The quantitative estimate of drug-likeness (QED) is 0.635. The van der Waals surface area contributed by atoms with Gasteiger partial charge in [0.15, 0.2) is 0 Å². The van der Waals surface area contributed by atoms with Crippen LogP contribution in [0.5, 0.6) is 0 Å². The smallest absolute Gasteiger partial charge is 0.270 e. The van der Waals surface area contributed by atoms with Gasteiger partial charge in [-0.3, -0.25) is 4.79 Å². The van der Waals surface area contributed by atoms with Gasteiger partial charge in [-0.2, -0.15) is 0 Å². The molecule has 28 heavy (non-hydrogen) atoms. The summed E-state index contributed by atoms with van der Waals surface area (Å²) in [6, 6.07) is 13.4. The summed E-state index contributed by atoms with van der Waals surface area (Å²) < 4.78 is 0. The fraction of sp³-hybridized carbons (Fsp3) is 0.286. The van der Waals surface area contributed by atoms with Crippen LogP contribution in [0.1, 0.15) is 28.9 Å². The van der Waals surface area contributed by atoms with Gasteiger partial charge in [0, 0.05) is 37.0 Å². The number of amides is 1. The highest BCUT2D eigenvalue weighted by Crippen LogP contribution is 2.23. The number of anilines is 1. The average molecular weight is 377 g/mol. The number of imidazole rings is 1. The second kappa shape index (κ2) is 8.22. The number of pyridine rings is 1. The molecular weight excluding hydrogens is 354 g/mol. The molecule has 144 valence electrons. The molecule has 1 aliphatic heterocycles. The summed E-state index contributed by atoms with van der Waals surface area (Å²) in [6.45, 7) is 1.77. The number of aliphatic hydroxyl groups excluding tert-OH is 1. The lowest BCUT2D eigenvalue weighted by Gasteiger charge is -2.32. The molecule has 1 atom stereocenters. The summed E-state index contributed by atoms with van der Waals surface area (Å²) in [7, 11) is 0. The number of nitrogens with one attached hydrogen (secondary N) is 2. The second-order valence-corrected chi connectivity index (χ2v) is 6.90. The van der Waals surface area contributed by atoms with E-state index in [1.54, 1.807) is 6.20 Å². The molecule has 0 spiro atoms. The zero-order chi connectivity index (χ0) is 19.3. The molecule has 4 rings (SSSR count). The Morgan fingerprint density at radius 2 is 2.07 bits per heavy atom. The van der Waals surface area contributed by atoms with E-state index in [1.807, 2.05) is 42.5 Å². The summed E-state index contributed by atoms with van der Waals surface area (Å²) in [5, 5.41) is 12.9. The number of aromatic nitrogens is 3. The molecule has 1 saturated heterocycles. The van der Waals surface area contributed by atoms with E-state index in [4.69, 9.17) is 0 Å². The molecule has 0 unspecified atom stereocenters. The van der Waals surface area contributed by atoms with E-state index < -0.39 is 0 Å². The van der Waals surface area contributed by atoms with E-state index in [0.717, 1.165) is 36.3 Å². The predicted octanol–water partition coefficient (Wildman–Crippen LogP) is 2.36. The minimum Gasteiger partial charge on any atom is -0.391 e. The van der Waals surface area contributed by atoms with Crippen molar-refractivity contribution in [1.29, 1.82) is 0 Å². The van der Waals surface area contributed by atoms with Crippen LogP contribution in [0.3, 0.4) is 0 Å². The molecule has 1 amide bonds. The van der Waals surface area contributed by atoms with Crippen LogP contribution in [0.4, 0.5) is 5.82 Å². The van der Waals surface area contributed by atoms with Gasteiger partial charge in [0.05, 0.1) is 12.4 Å². The monoisotopic (exact) mass is 377 g/mol. The van der Waals surface area contributed by atoms with E-state index in [-0.39, 0.29) is 12.0 Å². The Morgan fingerprint density at radius 1 is 1.21 bits per heavy atom. The number of piperidine rings is 1. The molecule has 3 heterocycles. The maximum Gasteiger partial charge on any atom is 0.270 e. The summed E-state index contributed by atoms with van der Waals surface area (Å²) in [6.07, 6.45) is 4.68. The Hall–Kier alpha value is -3.19. The lowest BCUT2D eigenvalue weighted by molar-refractivity contribution is 0.0947. The number of nitrogens with zero attached hydrogens (tertiary/aromatic N) is 3. The first-order chi connectivity index (χ1) is 13.7. The highest BCUT2D eigenvalue weighted by Gasteiger charge is 2.21. The topological polar surface area (TPSA) is 94.1 Å². The lowest BCUT2D eigenvalue weighted by atomic mass is 10.1.